The molecule has 2 aromatic carbocycles. The van der Waals surface area contributed by atoms with Gasteiger partial charge in [-0.1, -0.05) is 23.7 Å². The first-order valence-electron chi connectivity index (χ1n) is 9.83. The van der Waals surface area contributed by atoms with E-state index in [1.54, 1.807) is 18.2 Å². The van der Waals surface area contributed by atoms with Crippen molar-refractivity contribution in [1.29, 1.82) is 0 Å². The largest absolute Gasteiger partial charge is 0.495 e. The van der Waals surface area contributed by atoms with Crippen LogP contribution in [0.5, 0.6) is 11.5 Å². The van der Waals surface area contributed by atoms with Gasteiger partial charge in [0.15, 0.2) is 0 Å². The molecule has 4 rings (SSSR count). The first kappa shape index (κ1) is 23.3. The number of aliphatic imine (C=N–C) groups is 1. The number of methoxy groups -OCH3 is 2. The standard InChI is InChI=1S/C23H19BrClN3O4S/c1-31-18-11-19(32-2)15(9-13(18)25)27-22(29)12-28-17-6-4-3-5-14(17)26-16(10-23(28)30)20-7-8-21(24)33-20/h3-9,11H,10,12H2,1-2H3,(H,27,29). The van der Waals surface area contributed by atoms with Gasteiger partial charge < -0.3 is 19.7 Å². The minimum absolute atomic E-state index is 0.0760. The SMILES string of the molecule is COc1cc(OC)c(NC(=O)CN2C(=O)CC(c3ccc(Br)s3)=Nc3ccccc32)cc1Cl. The molecule has 0 saturated carbocycles. The number of halogens is 2. The Morgan fingerprint density at radius 2 is 1.94 bits per heavy atom. The minimum atomic E-state index is -0.403. The zero-order chi connectivity index (χ0) is 23.5. The Kier molecular flexibility index (Phi) is 7.02. The van der Waals surface area contributed by atoms with Crippen LogP contribution >= 0.6 is 38.9 Å². The minimum Gasteiger partial charge on any atom is -0.495 e. The number of fused-ring (bicyclic) bond motifs is 1. The second-order valence-electron chi connectivity index (χ2n) is 7.04. The van der Waals surface area contributed by atoms with Gasteiger partial charge in [-0.15, -0.1) is 11.3 Å². The molecule has 0 atom stereocenters. The van der Waals surface area contributed by atoms with E-state index in [-0.39, 0.29) is 18.9 Å². The van der Waals surface area contributed by atoms with E-state index >= 15 is 0 Å². The van der Waals surface area contributed by atoms with Crippen molar-refractivity contribution < 1.29 is 19.1 Å². The molecular weight excluding hydrogens is 530 g/mol. The molecule has 170 valence electrons. The Morgan fingerprint density at radius 3 is 2.64 bits per heavy atom. The molecule has 7 nitrogen and oxygen atoms in total. The van der Waals surface area contributed by atoms with Gasteiger partial charge in [0.25, 0.3) is 0 Å². The number of anilines is 2. The molecule has 33 heavy (non-hydrogen) atoms. The van der Waals surface area contributed by atoms with E-state index in [0.717, 1.165) is 8.66 Å². The number of rotatable bonds is 6. The van der Waals surface area contributed by atoms with Crippen molar-refractivity contribution in [2.24, 2.45) is 4.99 Å². The first-order valence-corrected chi connectivity index (χ1v) is 11.8. The van der Waals surface area contributed by atoms with Crippen molar-refractivity contribution in [3.63, 3.8) is 0 Å². The molecule has 1 aliphatic rings. The number of carbonyl (C=O) groups is 2. The lowest BCUT2D eigenvalue weighted by atomic mass is 10.2. The molecule has 0 spiro atoms. The molecule has 1 aliphatic heterocycles. The summed E-state index contributed by atoms with van der Waals surface area (Å²) in [4.78, 5) is 33.2. The molecule has 2 amide bonds. The highest BCUT2D eigenvalue weighted by molar-refractivity contribution is 9.11. The lowest BCUT2D eigenvalue weighted by Gasteiger charge is -2.22. The fraction of sp³-hybridized carbons (Fsp3) is 0.174. The van der Waals surface area contributed by atoms with E-state index in [2.05, 4.69) is 21.2 Å². The van der Waals surface area contributed by atoms with Crippen molar-refractivity contribution in [3.8, 4) is 11.5 Å². The summed E-state index contributed by atoms with van der Waals surface area (Å²) >= 11 is 11.2. The molecule has 1 aromatic heterocycles. The van der Waals surface area contributed by atoms with Gasteiger partial charge in [0.2, 0.25) is 11.8 Å². The smallest absolute Gasteiger partial charge is 0.244 e. The summed E-state index contributed by atoms with van der Waals surface area (Å²) in [6, 6.07) is 14.2. The molecule has 0 aliphatic carbocycles. The lowest BCUT2D eigenvalue weighted by molar-refractivity contribution is -0.120. The summed E-state index contributed by atoms with van der Waals surface area (Å²) in [5.74, 6) is 0.187. The van der Waals surface area contributed by atoms with Crippen molar-refractivity contribution in [2.75, 3.05) is 31.0 Å². The Hall–Kier alpha value is -2.88. The zero-order valence-corrected chi connectivity index (χ0v) is 20.9. The maximum absolute atomic E-state index is 13.2. The van der Waals surface area contributed by atoms with Gasteiger partial charge in [-0.2, -0.15) is 0 Å². The Bertz CT molecular complexity index is 1260. The van der Waals surface area contributed by atoms with Crippen molar-refractivity contribution >= 4 is 73.5 Å². The van der Waals surface area contributed by atoms with Gasteiger partial charge in [0.1, 0.15) is 18.0 Å². The third-order valence-corrected chi connectivity index (χ3v) is 6.92. The zero-order valence-electron chi connectivity index (χ0n) is 17.7. The van der Waals surface area contributed by atoms with E-state index < -0.39 is 5.91 Å². The second-order valence-corrected chi connectivity index (χ2v) is 9.91. The van der Waals surface area contributed by atoms with Crippen LogP contribution in [0.1, 0.15) is 11.3 Å². The van der Waals surface area contributed by atoms with Crippen LogP contribution in [0, 0.1) is 0 Å². The van der Waals surface area contributed by atoms with Crippen LogP contribution in [0.15, 0.2) is 57.3 Å². The number of nitrogens with one attached hydrogen (secondary N) is 1. The van der Waals surface area contributed by atoms with Crippen LogP contribution in [0.2, 0.25) is 5.02 Å². The number of amides is 2. The van der Waals surface area contributed by atoms with Crippen LogP contribution in [-0.4, -0.2) is 38.3 Å². The Labute approximate surface area is 208 Å². The summed E-state index contributed by atoms with van der Waals surface area (Å²) in [6.45, 7) is -0.195. The molecule has 0 unspecified atom stereocenters. The highest BCUT2D eigenvalue weighted by Crippen LogP contribution is 2.37. The van der Waals surface area contributed by atoms with Gasteiger partial charge in [-0.05, 0) is 46.3 Å². The third-order valence-electron chi connectivity index (χ3n) is 4.96. The van der Waals surface area contributed by atoms with E-state index in [0.29, 0.717) is 39.3 Å². The number of hydrogen-bond acceptors (Lipinski definition) is 6. The Morgan fingerprint density at radius 1 is 1.18 bits per heavy atom. The summed E-state index contributed by atoms with van der Waals surface area (Å²) < 4.78 is 11.5. The number of para-hydroxylation sites is 2. The van der Waals surface area contributed by atoms with Crippen molar-refractivity contribution in [1.82, 2.24) is 0 Å². The summed E-state index contributed by atoms with van der Waals surface area (Å²) in [5, 5.41) is 3.10. The molecule has 2 heterocycles. The van der Waals surface area contributed by atoms with Crippen LogP contribution in [-0.2, 0) is 9.59 Å². The molecule has 0 bridgehead atoms. The summed E-state index contributed by atoms with van der Waals surface area (Å²) in [6.07, 6.45) is 0.0760. The summed E-state index contributed by atoms with van der Waals surface area (Å²) in [5.41, 5.74) is 2.24. The van der Waals surface area contributed by atoms with Crippen molar-refractivity contribution in [2.45, 2.75) is 6.42 Å². The fourth-order valence-corrected chi connectivity index (χ4v) is 5.03. The van der Waals surface area contributed by atoms with Gasteiger partial charge in [-0.25, -0.2) is 4.99 Å². The quantitative estimate of drug-likeness (QED) is 0.430. The Balaban J connectivity index is 1.60. The number of hydrogen-bond donors (Lipinski definition) is 1. The highest BCUT2D eigenvalue weighted by Gasteiger charge is 2.27. The van der Waals surface area contributed by atoms with Crippen LogP contribution in [0.4, 0.5) is 17.1 Å². The molecular formula is C23H19BrClN3O4S. The maximum atomic E-state index is 13.2. The fourth-order valence-electron chi connectivity index (χ4n) is 3.42. The highest BCUT2D eigenvalue weighted by atomic mass is 79.9. The average molecular weight is 549 g/mol. The monoisotopic (exact) mass is 547 g/mol. The molecule has 3 aromatic rings. The van der Waals surface area contributed by atoms with Crippen LogP contribution in [0.3, 0.4) is 0 Å². The number of thiophene rings is 1. The van der Waals surface area contributed by atoms with Gasteiger partial charge in [0.05, 0.1) is 57.1 Å². The molecule has 1 N–H and O–H groups in total. The topological polar surface area (TPSA) is 80.2 Å². The molecule has 0 radical (unpaired) electrons. The van der Waals surface area contributed by atoms with Crippen LogP contribution < -0.4 is 19.7 Å². The van der Waals surface area contributed by atoms with E-state index in [1.807, 2.05) is 30.3 Å². The van der Waals surface area contributed by atoms with Crippen molar-refractivity contribution in [3.05, 3.63) is 62.2 Å². The number of benzene rings is 2. The second kappa shape index (κ2) is 9.94. The summed E-state index contributed by atoms with van der Waals surface area (Å²) in [7, 11) is 2.97. The molecule has 10 heteroatoms. The van der Waals surface area contributed by atoms with E-state index in [4.69, 9.17) is 26.1 Å². The van der Waals surface area contributed by atoms with Gasteiger partial charge in [-0.3, -0.25) is 9.59 Å². The van der Waals surface area contributed by atoms with Gasteiger partial charge >= 0.3 is 0 Å². The predicted octanol–water partition coefficient (Wildman–Crippen LogP) is 5.68. The van der Waals surface area contributed by atoms with Gasteiger partial charge in [0, 0.05) is 6.07 Å². The third kappa shape index (κ3) is 5.05. The first-order chi connectivity index (χ1) is 15.9. The normalized spacial score (nSPS) is 13.2. The average Bonchev–Trinajstić information content (AvgIpc) is 3.18. The maximum Gasteiger partial charge on any atom is 0.244 e. The number of nitrogens with zero attached hydrogens (tertiary/aromatic N) is 2. The lowest BCUT2D eigenvalue weighted by Crippen LogP contribution is -2.38. The van der Waals surface area contributed by atoms with E-state index in [1.165, 1.54) is 30.5 Å². The van der Waals surface area contributed by atoms with E-state index in [9.17, 15) is 9.59 Å². The molecule has 0 saturated heterocycles. The number of carbonyl (C=O) groups excluding carboxylic acids is 2. The number of ether oxygens (including phenoxy) is 2. The molecule has 0 fully saturated rings. The van der Waals surface area contributed by atoms with Crippen LogP contribution in [0.25, 0.3) is 0 Å². The predicted molar refractivity (Wildman–Crippen MR) is 135 cm³/mol.